The van der Waals surface area contributed by atoms with Crippen LogP contribution in [0.1, 0.15) is 50.8 Å². The van der Waals surface area contributed by atoms with Crippen molar-refractivity contribution in [2.45, 2.75) is 52.1 Å². The highest BCUT2D eigenvalue weighted by Crippen LogP contribution is 2.22. The second-order valence-corrected chi connectivity index (χ2v) is 6.02. The Labute approximate surface area is 118 Å². The van der Waals surface area contributed by atoms with Crippen molar-refractivity contribution in [2.75, 3.05) is 13.1 Å². The van der Waals surface area contributed by atoms with Gasteiger partial charge in [-0.15, -0.1) is 0 Å². The summed E-state index contributed by atoms with van der Waals surface area (Å²) in [6.45, 7) is 9.07. The molecule has 1 saturated heterocycles. The highest BCUT2D eigenvalue weighted by atomic mass is 15.0. The minimum absolute atomic E-state index is 0.466. The summed E-state index contributed by atoms with van der Waals surface area (Å²) in [6, 6.07) is 10.2. The molecule has 0 radical (unpaired) electrons. The number of hydrogen-bond donors (Lipinski definition) is 2. The first-order valence-electron chi connectivity index (χ1n) is 7.76. The van der Waals surface area contributed by atoms with Crippen LogP contribution in [-0.4, -0.2) is 19.1 Å². The molecule has 1 aromatic rings. The predicted octanol–water partition coefficient (Wildman–Crippen LogP) is 3.29. The van der Waals surface area contributed by atoms with E-state index in [0.29, 0.717) is 18.0 Å². The first kappa shape index (κ1) is 14.5. The Bertz CT molecular complexity index is 363. The van der Waals surface area contributed by atoms with Crippen LogP contribution < -0.4 is 10.6 Å². The van der Waals surface area contributed by atoms with Gasteiger partial charge < -0.3 is 10.6 Å². The molecule has 0 spiro atoms. The third-order valence-corrected chi connectivity index (χ3v) is 4.16. The van der Waals surface area contributed by atoms with Crippen molar-refractivity contribution in [3.05, 3.63) is 35.4 Å². The van der Waals surface area contributed by atoms with Crippen LogP contribution in [0.4, 0.5) is 0 Å². The molecule has 0 bridgehead atoms. The molecule has 0 saturated carbocycles. The predicted molar refractivity (Wildman–Crippen MR) is 82.4 cm³/mol. The molecule has 19 heavy (non-hydrogen) atoms. The number of aryl methyl sites for hydroxylation is 1. The minimum atomic E-state index is 0.466. The van der Waals surface area contributed by atoms with Crippen molar-refractivity contribution in [3.63, 3.8) is 0 Å². The van der Waals surface area contributed by atoms with E-state index in [0.717, 1.165) is 13.0 Å². The van der Waals surface area contributed by atoms with E-state index in [-0.39, 0.29) is 0 Å². The van der Waals surface area contributed by atoms with Gasteiger partial charge in [0.1, 0.15) is 0 Å². The van der Waals surface area contributed by atoms with Crippen LogP contribution >= 0.6 is 0 Å². The lowest BCUT2D eigenvalue weighted by Crippen LogP contribution is -2.37. The molecule has 0 aromatic heterocycles. The molecule has 1 aliphatic rings. The lowest BCUT2D eigenvalue weighted by Gasteiger charge is -2.25. The van der Waals surface area contributed by atoms with Crippen LogP contribution in [0.2, 0.25) is 0 Å². The van der Waals surface area contributed by atoms with E-state index in [1.54, 1.807) is 0 Å². The number of nitrogens with one attached hydrogen (secondary N) is 2. The monoisotopic (exact) mass is 260 g/mol. The summed E-state index contributed by atoms with van der Waals surface area (Å²) in [5, 5.41) is 7.31. The maximum Gasteiger partial charge on any atom is 0.0344 e. The average molecular weight is 260 g/mol. The number of rotatable bonds is 6. The van der Waals surface area contributed by atoms with Gasteiger partial charge in [-0.3, -0.25) is 0 Å². The zero-order chi connectivity index (χ0) is 13.7. The Morgan fingerprint density at radius 3 is 2.53 bits per heavy atom. The topological polar surface area (TPSA) is 24.1 Å². The van der Waals surface area contributed by atoms with Crippen molar-refractivity contribution < 1.29 is 0 Å². The summed E-state index contributed by atoms with van der Waals surface area (Å²) in [4.78, 5) is 0. The molecule has 2 heteroatoms. The van der Waals surface area contributed by atoms with Gasteiger partial charge in [-0.25, -0.2) is 0 Å². The lowest BCUT2D eigenvalue weighted by atomic mass is 9.94. The first-order chi connectivity index (χ1) is 9.20. The highest BCUT2D eigenvalue weighted by molar-refractivity contribution is 5.25. The fourth-order valence-corrected chi connectivity index (χ4v) is 2.90. The third kappa shape index (κ3) is 4.05. The zero-order valence-corrected chi connectivity index (χ0v) is 12.6. The molecular weight excluding hydrogens is 232 g/mol. The van der Waals surface area contributed by atoms with Crippen molar-refractivity contribution in [2.24, 2.45) is 5.92 Å². The Kier molecular flexibility index (Phi) is 5.41. The first-order valence-corrected chi connectivity index (χ1v) is 7.76. The van der Waals surface area contributed by atoms with Crippen LogP contribution in [0.15, 0.2) is 24.3 Å². The second kappa shape index (κ2) is 7.06. The number of hydrogen-bond acceptors (Lipinski definition) is 2. The molecule has 1 fully saturated rings. The smallest absolute Gasteiger partial charge is 0.0344 e. The van der Waals surface area contributed by atoms with Gasteiger partial charge in [0.15, 0.2) is 0 Å². The van der Waals surface area contributed by atoms with Gasteiger partial charge in [-0.05, 0) is 42.9 Å². The Hall–Kier alpha value is -0.860. The van der Waals surface area contributed by atoms with Crippen molar-refractivity contribution in [1.29, 1.82) is 0 Å². The van der Waals surface area contributed by atoms with Gasteiger partial charge in [0, 0.05) is 18.6 Å². The SMILES string of the molecule is CCc1ccc(C(NCC2CCCN2)C(C)C)cc1. The van der Waals surface area contributed by atoms with Gasteiger partial charge in [0.05, 0.1) is 0 Å². The Balaban J connectivity index is 1.97. The zero-order valence-electron chi connectivity index (χ0n) is 12.6. The van der Waals surface area contributed by atoms with Gasteiger partial charge in [0.25, 0.3) is 0 Å². The fraction of sp³-hybridized carbons (Fsp3) is 0.647. The molecular formula is C17H28N2. The van der Waals surface area contributed by atoms with Crippen LogP contribution in [0.5, 0.6) is 0 Å². The maximum absolute atomic E-state index is 3.75. The van der Waals surface area contributed by atoms with Crippen LogP contribution in [-0.2, 0) is 6.42 Å². The summed E-state index contributed by atoms with van der Waals surface area (Å²) in [5.74, 6) is 0.619. The van der Waals surface area contributed by atoms with E-state index in [1.807, 2.05) is 0 Å². The molecule has 1 heterocycles. The molecule has 1 aromatic carbocycles. The highest BCUT2D eigenvalue weighted by Gasteiger charge is 2.19. The van der Waals surface area contributed by atoms with Gasteiger partial charge in [-0.2, -0.15) is 0 Å². The molecule has 2 N–H and O–H groups in total. The van der Waals surface area contributed by atoms with E-state index in [2.05, 4.69) is 55.7 Å². The number of benzene rings is 1. The van der Waals surface area contributed by atoms with E-state index in [4.69, 9.17) is 0 Å². The van der Waals surface area contributed by atoms with E-state index >= 15 is 0 Å². The lowest BCUT2D eigenvalue weighted by molar-refractivity contribution is 0.388. The van der Waals surface area contributed by atoms with Crippen molar-refractivity contribution >= 4 is 0 Å². The maximum atomic E-state index is 3.75. The molecule has 2 nitrogen and oxygen atoms in total. The van der Waals surface area contributed by atoms with Crippen LogP contribution in [0.3, 0.4) is 0 Å². The summed E-state index contributed by atoms with van der Waals surface area (Å²) in [5.41, 5.74) is 2.84. The largest absolute Gasteiger partial charge is 0.313 e. The van der Waals surface area contributed by atoms with Gasteiger partial charge >= 0.3 is 0 Å². The molecule has 0 aliphatic carbocycles. The van der Waals surface area contributed by atoms with Crippen LogP contribution in [0, 0.1) is 5.92 Å². The molecule has 106 valence electrons. The van der Waals surface area contributed by atoms with E-state index in [1.165, 1.54) is 30.5 Å². The second-order valence-electron chi connectivity index (χ2n) is 6.02. The molecule has 2 atom stereocenters. The molecule has 2 unspecified atom stereocenters. The normalized spacial score (nSPS) is 20.9. The molecule has 1 aliphatic heterocycles. The summed E-state index contributed by atoms with van der Waals surface area (Å²) >= 11 is 0. The van der Waals surface area contributed by atoms with E-state index < -0.39 is 0 Å². The van der Waals surface area contributed by atoms with E-state index in [9.17, 15) is 0 Å². The van der Waals surface area contributed by atoms with Gasteiger partial charge in [0.2, 0.25) is 0 Å². The van der Waals surface area contributed by atoms with Crippen molar-refractivity contribution in [3.8, 4) is 0 Å². The summed E-state index contributed by atoms with van der Waals surface area (Å²) in [7, 11) is 0. The standard InChI is InChI=1S/C17H28N2/c1-4-14-7-9-15(10-8-14)17(13(2)3)19-12-16-6-5-11-18-16/h7-10,13,16-19H,4-6,11-12H2,1-3H3. The summed E-state index contributed by atoms with van der Waals surface area (Å²) < 4.78 is 0. The van der Waals surface area contributed by atoms with Gasteiger partial charge in [-0.1, -0.05) is 45.0 Å². The average Bonchev–Trinajstić information content (AvgIpc) is 2.92. The minimum Gasteiger partial charge on any atom is -0.313 e. The quantitative estimate of drug-likeness (QED) is 0.820. The fourth-order valence-electron chi connectivity index (χ4n) is 2.90. The van der Waals surface area contributed by atoms with Crippen molar-refractivity contribution in [1.82, 2.24) is 10.6 Å². The third-order valence-electron chi connectivity index (χ3n) is 4.16. The Morgan fingerprint density at radius 2 is 2.00 bits per heavy atom. The van der Waals surface area contributed by atoms with Crippen LogP contribution in [0.25, 0.3) is 0 Å². The Morgan fingerprint density at radius 1 is 1.26 bits per heavy atom. The molecule has 2 rings (SSSR count). The summed E-state index contributed by atoms with van der Waals surface area (Å²) in [6.07, 6.45) is 3.75. The molecule has 0 amide bonds.